The van der Waals surface area contributed by atoms with Crippen molar-refractivity contribution in [3.63, 3.8) is 0 Å². The molecule has 0 aliphatic heterocycles. The molecule has 3 aromatic rings. The predicted molar refractivity (Wildman–Crippen MR) is 186 cm³/mol. The Hall–Kier alpha value is -3.96. The summed E-state index contributed by atoms with van der Waals surface area (Å²) in [6.07, 6.45) is -0.107. The molecule has 3 aromatic carbocycles. The number of sulfonamides is 2. The summed E-state index contributed by atoms with van der Waals surface area (Å²) >= 11 is 3.86. The van der Waals surface area contributed by atoms with Crippen LogP contribution in [0.1, 0.15) is 44.7 Å². The Balaban J connectivity index is 0.000000343. The number of ether oxygens (including phenoxy) is 1. The van der Waals surface area contributed by atoms with Crippen LogP contribution in [0.5, 0.6) is 5.75 Å². The monoisotopic (exact) mass is 738 g/mol. The van der Waals surface area contributed by atoms with Crippen molar-refractivity contribution in [1.82, 2.24) is 8.61 Å². The summed E-state index contributed by atoms with van der Waals surface area (Å²) in [5.74, 6) is -3.40. The molecule has 49 heavy (non-hydrogen) atoms. The summed E-state index contributed by atoms with van der Waals surface area (Å²) in [5.41, 5.74) is 0.827. The van der Waals surface area contributed by atoms with Crippen LogP contribution in [0.3, 0.4) is 0 Å². The standard InChI is InChI=1S/C17H25NO5.C16H17NO6S3/c1-17(2,3)18(14(16(21)22)9-10-15(19)20)11-12-5-7-13(23-4)8-6-12;1-12-7-5-6-10-15(12)26(22,23)17(14(11-24)16(18)19)25(20,21)13-8-3-2-4-9-13/h5-8,14H,9-11H2,1-4H3,(H,19,20)(H,21,22);2-10,14,24H,11H2,1H3,(H,18,19)/t2*14-/m00/s1. The van der Waals surface area contributed by atoms with Crippen LogP contribution in [-0.2, 0) is 41.0 Å². The van der Waals surface area contributed by atoms with Gasteiger partial charge in [-0.3, -0.25) is 19.3 Å². The molecule has 2 atom stereocenters. The lowest BCUT2D eigenvalue weighted by molar-refractivity contribution is -0.147. The molecule has 0 bridgehead atoms. The number of nitrogens with zero attached hydrogens (tertiary/aromatic N) is 2. The highest BCUT2D eigenvalue weighted by atomic mass is 32.3. The van der Waals surface area contributed by atoms with Crippen molar-refractivity contribution in [2.75, 3.05) is 12.9 Å². The topological polar surface area (TPSA) is 196 Å². The molecular formula is C33H42N2O11S3. The quantitative estimate of drug-likeness (QED) is 0.161. The maximum absolute atomic E-state index is 13.1. The van der Waals surface area contributed by atoms with E-state index in [-0.39, 0.29) is 26.3 Å². The largest absolute Gasteiger partial charge is 0.497 e. The predicted octanol–water partition coefficient (Wildman–Crippen LogP) is 4.37. The number of aliphatic carboxylic acids is 3. The van der Waals surface area contributed by atoms with Gasteiger partial charge >= 0.3 is 17.9 Å². The first-order chi connectivity index (χ1) is 22.8. The van der Waals surface area contributed by atoms with Gasteiger partial charge in [0.2, 0.25) is 0 Å². The second-order valence-corrected chi connectivity index (χ2v) is 16.0. The first kappa shape index (κ1) is 41.2. The number of carboxylic acids is 3. The first-order valence-corrected chi connectivity index (χ1v) is 18.4. The van der Waals surface area contributed by atoms with Gasteiger partial charge in [0, 0.05) is 24.3 Å². The summed E-state index contributed by atoms with van der Waals surface area (Å²) in [4.78, 5) is 35.2. The first-order valence-electron chi connectivity index (χ1n) is 14.9. The minimum absolute atomic E-state index is 0.0347. The van der Waals surface area contributed by atoms with Gasteiger partial charge in [0.25, 0.3) is 20.0 Å². The van der Waals surface area contributed by atoms with Crippen molar-refractivity contribution >= 4 is 50.6 Å². The van der Waals surface area contributed by atoms with Crippen molar-refractivity contribution in [2.45, 2.75) is 74.5 Å². The third-order valence-electron chi connectivity index (χ3n) is 7.27. The Labute approximate surface area is 292 Å². The van der Waals surface area contributed by atoms with Gasteiger partial charge in [-0.05, 0) is 75.6 Å². The Morgan fingerprint density at radius 3 is 1.78 bits per heavy atom. The SMILES string of the molecule is COc1ccc(CN([C@@H](CCC(=O)O)C(=O)O)C(C)(C)C)cc1.Cc1ccccc1S(=O)(=O)N([C@@H](CS)C(=O)O)S(=O)(=O)c1ccccc1. The maximum Gasteiger partial charge on any atom is 0.324 e. The van der Waals surface area contributed by atoms with Gasteiger partial charge in [-0.25, -0.2) is 16.8 Å². The number of carbonyl (C=O) groups is 3. The normalized spacial score (nSPS) is 13.2. The Morgan fingerprint density at radius 1 is 0.796 bits per heavy atom. The Kier molecular flexibility index (Phi) is 14.8. The molecule has 0 saturated heterocycles. The van der Waals surface area contributed by atoms with E-state index in [0.717, 1.165) is 11.3 Å². The second-order valence-electron chi connectivity index (χ2n) is 11.8. The van der Waals surface area contributed by atoms with E-state index in [1.807, 2.05) is 49.9 Å². The van der Waals surface area contributed by atoms with Gasteiger partial charge < -0.3 is 20.1 Å². The number of aryl methyl sites for hydroxylation is 1. The van der Waals surface area contributed by atoms with Gasteiger partial charge in [-0.15, -0.1) is 0 Å². The smallest absolute Gasteiger partial charge is 0.324 e. The number of methoxy groups -OCH3 is 1. The lowest BCUT2D eigenvalue weighted by Gasteiger charge is -2.40. The van der Waals surface area contributed by atoms with Crippen LogP contribution in [0.4, 0.5) is 0 Å². The van der Waals surface area contributed by atoms with E-state index in [1.54, 1.807) is 19.2 Å². The minimum atomic E-state index is -4.68. The molecular weight excluding hydrogens is 697 g/mol. The molecule has 268 valence electrons. The van der Waals surface area contributed by atoms with Crippen LogP contribution in [0.2, 0.25) is 0 Å². The summed E-state index contributed by atoms with van der Waals surface area (Å²) in [5, 5.41) is 27.8. The zero-order chi connectivity index (χ0) is 37.2. The molecule has 3 rings (SSSR count). The van der Waals surface area contributed by atoms with E-state index in [2.05, 4.69) is 12.6 Å². The average molecular weight is 739 g/mol. The summed E-state index contributed by atoms with van der Waals surface area (Å²) in [6.45, 7) is 7.69. The summed E-state index contributed by atoms with van der Waals surface area (Å²) in [7, 11) is -7.76. The summed E-state index contributed by atoms with van der Waals surface area (Å²) < 4.78 is 57.4. The van der Waals surface area contributed by atoms with E-state index in [1.165, 1.54) is 49.4 Å². The fourth-order valence-electron chi connectivity index (χ4n) is 4.75. The Bertz CT molecular complexity index is 1790. The van der Waals surface area contributed by atoms with Crippen LogP contribution >= 0.6 is 12.6 Å². The number of benzene rings is 3. The number of carboxylic acid groups (broad SMARTS) is 3. The molecule has 0 aliphatic carbocycles. The molecule has 3 N–H and O–H groups in total. The van der Waals surface area contributed by atoms with Crippen LogP contribution in [0, 0.1) is 6.92 Å². The van der Waals surface area contributed by atoms with E-state index in [4.69, 9.17) is 9.84 Å². The van der Waals surface area contributed by atoms with E-state index in [9.17, 15) is 41.4 Å². The van der Waals surface area contributed by atoms with Crippen LogP contribution in [-0.4, -0.2) is 89.2 Å². The zero-order valence-corrected chi connectivity index (χ0v) is 30.3. The average Bonchev–Trinajstić information content (AvgIpc) is 3.03. The lowest BCUT2D eigenvalue weighted by Crippen LogP contribution is -2.51. The van der Waals surface area contributed by atoms with Gasteiger partial charge in [0.15, 0.2) is 0 Å². The third-order valence-corrected chi connectivity index (χ3v) is 12.1. The highest BCUT2D eigenvalue weighted by Gasteiger charge is 2.45. The Morgan fingerprint density at radius 2 is 1.33 bits per heavy atom. The van der Waals surface area contributed by atoms with Crippen molar-refractivity contribution in [3.05, 3.63) is 90.0 Å². The molecule has 0 unspecified atom stereocenters. The number of thiol groups is 1. The van der Waals surface area contributed by atoms with E-state index in [0.29, 0.717) is 12.1 Å². The van der Waals surface area contributed by atoms with Crippen molar-refractivity contribution < 1.29 is 51.3 Å². The van der Waals surface area contributed by atoms with Crippen molar-refractivity contribution in [1.29, 1.82) is 0 Å². The molecule has 0 amide bonds. The number of rotatable bonds is 15. The highest BCUT2D eigenvalue weighted by Crippen LogP contribution is 2.29. The molecule has 0 aliphatic rings. The highest BCUT2D eigenvalue weighted by molar-refractivity contribution is 8.04. The maximum atomic E-state index is 13.1. The fourth-order valence-corrected chi connectivity index (χ4v) is 9.45. The second kappa shape index (κ2) is 17.6. The lowest BCUT2D eigenvalue weighted by atomic mass is 9.98. The third kappa shape index (κ3) is 11.0. The molecule has 0 saturated carbocycles. The van der Waals surface area contributed by atoms with Gasteiger partial charge in [-0.1, -0.05) is 52.2 Å². The van der Waals surface area contributed by atoms with Gasteiger partial charge in [0.1, 0.15) is 17.8 Å². The summed E-state index contributed by atoms with van der Waals surface area (Å²) in [6, 6.07) is 17.2. The van der Waals surface area contributed by atoms with Gasteiger partial charge in [0.05, 0.1) is 16.9 Å². The zero-order valence-electron chi connectivity index (χ0n) is 27.8. The van der Waals surface area contributed by atoms with Gasteiger partial charge in [-0.2, -0.15) is 12.6 Å². The molecule has 0 radical (unpaired) electrons. The number of hydrogen-bond donors (Lipinski definition) is 4. The molecule has 0 fully saturated rings. The fraction of sp³-hybridized carbons (Fsp3) is 0.364. The molecule has 16 heteroatoms. The van der Waals surface area contributed by atoms with Crippen molar-refractivity contribution in [2.24, 2.45) is 0 Å². The van der Waals surface area contributed by atoms with E-state index < -0.39 is 61.3 Å². The molecule has 13 nitrogen and oxygen atoms in total. The van der Waals surface area contributed by atoms with E-state index >= 15 is 0 Å². The van der Waals surface area contributed by atoms with Crippen LogP contribution in [0.15, 0.2) is 88.7 Å². The minimum Gasteiger partial charge on any atom is -0.497 e. The molecule has 0 heterocycles. The molecule has 0 spiro atoms. The number of hydrogen-bond acceptors (Lipinski definition) is 10. The van der Waals surface area contributed by atoms with Crippen LogP contribution in [0.25, 0.3) is 0 Å². The van der Waals surface area contributed by atoms with Crippen LogP contribution < -0.4 is 4.74 Å². The molecule has 0 aromatic heterocycles. The van der Waals surface area contributed by atoms with Crippen molar-refractivity contribution in [3.8, 4) is 5.75 Å².